The largest absolute Gasteiger partial charge is 0.429 e. The summed E-state index contributed by atoms with van der Waals surface area (Å²) in [4.78, 5) is 27.3. The molecule has 2 aliphatic rings. The lowest BCUT2D eigenvalue weighted by Gasteiger charge is -2.29. The van der Waals surface area contributed by atoms with Crippen molar-refractivity contribution in [3.05, 3.63) is 53.9 Å². The van der Waals surface area contributed by atoms with E-state index in [-0.39, 0.29) is 0 Å². The van der Waals surface area contributed by atoms with Gasteiger partial charge >= 0.3 is 0 Å². The fourth-order valence-corrected chi connectivity index (χ4v) is 3.75. The molecule has 3 aromatic rings. The van der Waals surface area contributed by atoms with Crippen molar-refractivity contribution in [3.8, 4) is 28.4 Å². The second-order valence-corrected chi connectivity index (χ2v) is 6.71. The molecule has 28 heavy (non-hydrogen) atoms. The number of carbonyl (C=O) groups excluding carboxylic acids is 1. The lowest BCUT2D eigenvalue weighted by molar-refractivity contribution is -0.120. The number of morpholine rings is 1. The van der Waals surface area contributed by atoms with Crippen LogP contribution >= 0.6 is 0 Å². The Hall–Kier alpha value is -3.32. The van der Waals surface area contributed by atoms with Gasteiger partial charge in [0, 0.05) is 42.4 Å². The van der Waals surface area contributed by atoms with Gasteiger partial charge in [-0.15, -0.1) is 0 Å². The van der Waals surface area contributed by atoms with Crippen molar-refractivity contribution in [3.63, 3.8) is 0 Å². The zero-order valence-electron chi connectivity index (χ0n) is 15.2. The molecule has 1 saturated heterocycles. The predicted octanol–water partition coefficient (Wildman–Crippen LogP) is 2.48. The van der Waals surface area contributed by atoms with Gasteiger partial charge in [-0.3, -0.25) is 9.78 Å². The molecule has 2 aromatic heterocycles. The van der Waals surface area contributed by atoms with Crippen LogP contribution in [-0.4, -0.2) is 47.7 Å². The first-order valence-corrected chi connectivity index (χ1v) is 9.22. The van der Waals surface area contributed by atoms with E-state index in [2.05, 4.69) is 16.0 Å². The minimum absolute atomic E-state index is 0.420. The molecule has 1 aliphatic heterocycles. The quantitative estimate of drug-likeness (QED) is 0.508. The maximum Gasteiger partial charge on any atom is 0.298 e. The number of aromatic nitrogens is 3. The summed E-state index contributed by atoms with van der Waals surface area (Å²) < 4.78 is 10.5. The molecular formula is C21H18N4O3. The summed E-state index contributed by atoms with van der Waals surface area (Å²) >= 11 is 0. The summed E-state index contributed by atoms with van der Waals surface area (Å²) in [5, 5.41) is 0. The zero-order valence-corrected chi connectivity index (χ0v) is 15.2. The number of nitrogens with zero attached hydrogens (tertiary/aromatic N) is 4. The third kappa shape index (κ3) is 2.90. The van der Waals surface area contributed by atoms with E-state index >= 15 is 0 Å². The highest BCUT2D eigenvalue weighted by atomic mass is 16.5. The average Bonchev–Trinajstić information content (AvgIpc) is 3.13. The van der Waals surface area contributed by atoms with E-state index < -0.39 is 0 Å². The first kappa shape index (κ1) is 16.8. The maximum atomic E-state index is 10.7. The van der Waals surface area contributed by atoms with Gasteiger partial charge in [-0.05, 0) is 24.3 Å². The number of carbonyl (C=O) groups is 1. The summed E-state index contributed by atoms with van der Waals surface area (Å²) in [6, 6.07) is 11.2. The van der Waals surface area contributed by atoms with Crippen molar-refractivity contribution in [1.29, 1.82) is 0 Å². The van der Waals surface area contributed by atoms with Crippen LogP contribution < -0.4 is 9.64 Å². The SMILES string of the molecule is O=COc1cccc(-c2nc3c(c(N4CCOCC4)n2)Cc2ncccc2-3)c1. The number of pyridine rings is 1. The summed E-state index contributed by atoms with van der Waals surface area (Å²) in [6.45, 7) is 3.37. The Kier molecular flexibility index (Phi) is 4.21. The lowest BCUT2D eigenvalue weighted by Crippen LogP contribution is -2.37. The van der Waals surface area contributed by atoms with E-state index in [1.54, 1.807) is 12.1 Å². The second kappa shape index (κ2) is 7.01. The Morgan fingerprint density at radius 3 is 2.86 bits per heavy atom. The van der Waals surface area contributed by atoms with Crippen LogP contribution in [0.4, 0.5) is 5.82 Å². The molecule has 0 atom stereocenters. The number of fused-ring (bicyclic) bond motifs is 3. The summed E-state index contributed by atoms with van der Waals surface area (Å²) in [5.41, 5.74) is 4.91. The Morgan fingerprint density at radius 1 is 1.11 bits per heavy atom. The molecule has 0 spiro atoms. The van der Waals surface area contributed by atoms with Crippen molar-refractivity contribution in [2.24, 2.45) is 0 Å². The Bertz CT molecular complexity index is 1050. The zero-order chi connectivity index (χ0) is 18.9. The van der Waals surface area contributed by atoms with Gasteiger partial charge in [0.05, 0.1) is 24.6 Å². The normalized spacial score (nSPS) is 15.1. The highest BCUT2D eigenvalue weighted by Gasteiger charge is 2.29. The molecule has 0 N–H and O–H groups in total. The van der Waals surface area contributed by atoms with E-state index in [4.69, 9.17) is 19.4 Å². The van der Waals surface area contributed by atoms with Gasteiger partial charge in [0.2, 0.25) is 0 Å². The van der Waals surface area contributed by atoms with Crippen LogP contribution in [-0.2, 0) is 16.0 Å². The highest BCUT2D eigenvalue weighted by molar-refractivity contribution is 5.79. The van der Waals surface area contributed by atoms with Crippen LogP contribution in [0.5, 0.6) is 5.75 Å². The van der Waals surface area contributed by atoms with Crippen molar-refractivity contribution < 1.29 is 14.3 Å². The first-order valence-electron chi connectivity index (χ1n) is 9.22. The fraction of sp³-hybridized carbons (Fsp3) is 0.238. The minimum Gasteiger partial charge on any atom is -0.429 e. The topological polar surface area (TPSA) is 77.4 Å². The molecule has 1 aliphatic carbocycles. The predicted molar refractivity (Wildman–Crippen MR) is 103 cm³/mol. The number of ether oxygens (including phenoxy) is 2. The molecule has 0 unspecified atom stereocenters. The van der Waals surface area contributed by atoms with Gasteiger partial charge in [-0.25, -0.2) is 9.97 Å². The molecule has 0 amide bonds. The van der Waals surface area contributed by atoms with Gasteiger partial charge in [0.15, 0.2) is 5.82 Å². The van der Waals surface area contributed by atoms with Crippen LogP contribution in [0, 0.1) is 0 Å². The Morgan fingerprint density at radius 2 is 2.00 bits per heavy atom. The maximum absolute atomic E-state index is 10.7. The molecule has 0 bridgehead atoms. The second-order valence-electron chi connectivity index (χ2n) is 6.71. The number of benzene rings is 1. The van der Waals surface area contributed by atoms with Crippen LogP contribution in [0.3, 0.4) is 0 Å². The molecule has 1 aromatic carbocycles. The molecule has 5 rings (SSSR count). The lowest BCUT2D eigenvalue weighted by atomic mass is 10.1. The smallest absolute Gasteiger partial charge is 0.298 e. The molecule has 0 radical (unpaired) electrons. The van der Waals surface area contributed by atoms with Crippen molar-refractivity contribution in [1.82, 2.24) is 15.0 Å². The summed E-state index contributed by atoms with van der Waals surface area (Å²) in [7, 11) is 0. The van der Waals surface area contributed by atoms with Crippen molar-refractivity contribution in [2.75, 3.05) is 31.2 Å². The molecule has 1 fully saturated rings. The van der Waals surface area contributed by atoms with E-state index in [0.717, 1.165) is 53.4 Å². The van der Waals surface area contributed by atoms with Gasteiger partial charge < -0.3 is 14.4 Å². The van der Waals surface area contributed by atoms with Crippen molar-refractivity contribution in [2.45, 2.75) is 6.42 Å². The van der Waals surface area contributed by atoms with E-state index in [0.29, 0.717) is 31.3 Å². The van der Waals surface area contributed by atoms with E-state index in [1.807, 2.05) is 24.4 Å². The monoisotopic (exact) mass is 374 g/mol. The third-order valence-electron chi connectivity index (χ3n) is 5.06. The molecule has 0 saturated carbocycles. The first-order chi connectivity index (χ1) is 13.8. The van der Waals surface area contributed by atoms with Gasteiger partial charge in [0.25, 0.3) is 6.47 Å². The van der Waals surface area contributed by atoms with Gasteiger partial charge in [-0.2, -0.15) is 0 Å². The van der Waals surface area contributed by atoms with Crippen LogP contribution in [0.2, 0.25) is 0 Å². The summed E-state index contributed by atoms with van der Waals surface area (Å²) in [5.74, 6) is 2.00. The molecule has 140 valence electrons. The van der Waals surface area contributed by atoms with Crippen LogP contribution in [0.25, 0.3) is 22.6 Å². The molecule has 3 heterocycles. The number of anilines is 1. The van der Waals surface area contributed by atoms with E-state index in [9.17, 15) is 4.79 Å². The Balaban J connectivity index is 1.67. The Labute approximate surface area is 162 Å². The fourth-order valence-electron chi connectivity index (χ4n) is 3.75. The molecule has 7 nitrogen and oxygen atoms in total. The third-order valence-corrected chi connectivity index (χ3v) is 5.06. The highest BCUT2D eigenvalue weighted by Crippen LogP contribution is 2.40. The molecular weight excluding hydrogens is 356 g/mol. The van der Waals surface area contributed by atoms with Gasteiger partial charge in [0.1, 0.15) is 11.6 Å². The number of hydrogen-bond donors (Lipinski definition) is 0. The number of rotatable bonds is 4. The summed E-state index contributed by atoms with van der Waals surface area (Å²) in [6.07, 6.45) is 2.54. The number of hydrogen-bond acceptors (Lipinski definition) is 7. The van der Waals surface area contributed by atoms with Crippen LogP contribution in [0.15, 0.2) is 42.6 Å². The average molecular weight is 374 g/mol. The standard InChI is InChI=1S/C21H18N4O3/c26-13-28-15-4-1-3-14(11-15)20-23-19-16-5-2-6-22-18(16)12-17(19)21(24-20)25-7-9-27-10-8-25/h1-6,11,13H,7-10,12H2. The van der Waals surface area contributed by atoms with Crippen LogP contribution in [0.1, 0.15) is 11.3 Å². The van der Waals surface area contributed by atoms with Crippen molar-refractivity contribution >= 4 is 12.3 Å². The van der Waals surface area contributed by atoms with Gasteiger partial charge in [-0.1, -0.05) is 12.1 Å². The molecule has 7 heteroatoms. The van der Waals surface area contributed by atoms with E-state index in [1.165, 1.54) is 0 Å². The minimum atomic E-state index is 0.420.